The molecule has 0 saturated heterocycles. The summed E-state index contributed by atoms with van der Waals surface area (Å²) < 4.78 is 5.67. The van der Waals surface area contributed by atoms with Crippen LogP contribution in [-0.2, 0) is 25.6 Å². The van der Waals surface area contributed by atoms with Gasteiger partial charge < -0.3 is 31.1 Å². The fourth-order valence-electron chi connectivity index (χ4n) is 3.79. The van der Waals surface area contributed by atoms with E-state index in [4.69, 9.17) is 4.74 Å². The van der Waals surface area contributed by atoms with Crippen LogP contribution in [0.3, 0.4) is 0 Å². The van der Waals surface area contributed by atoms with Crippen molar-refractivity contribution in [1.29, 1.82) is 0 Å². The molecule has 4 amide bonds. The Labute approximate surface area is 215 Å². The Hall–Kier alpha value is -4.34. The Morgan fingerprint density at radius 2 is 1.57 bits per heavy atom. The van der Waals surface area contributed by atoms with E-state index in [2.05, 4.69) is 21.3 Å². The average molecular weight is 509 g/mol. The number of phenols is 1. The molecule has 0 fully saturated rings. The number of phenolic OH excluding ortho intramolecular Hbond substituents is 1. The van der Waals surface area contributed by atoms with Gasteiger partial charge in [-0.3, -0.25) is 19.2 Å². The molecule has 10 nitrogen and oxygen atoms in total. The number of amides is 4. The Kier molecular flexibility index (Phi) is 8.89. The van der Waals surface area contributed by atoms with E-state index in [0.29, 0.717) is 23.6 Å². The van der Waals surface area contributed by atoms with Crippen LogP contribution < -0.4 is 26.0 Å². The maximum atomic E-state index is 13.3. The van der Waals surface area contributed by atoms with Crippen LogP contribution in [0.4, 0.5) is 5.69 Å². The highest BCUT2D eigenvalue weighted by Gasteiger charge is 2.26. The highest BCUT2D eigenvalue weighted by Crippen LogP contribution is 2.32. The first kappa shape index (κ1) is 27.3. The smallest absolute Gasteiger partial charge is 0.247 e. The van der Waals surface area contributed by atoms with Gasteiger partial charge in [0, 0.05) is 30.7 Å². The number of ether oxygens (including phenoxy) is 1. The third-order valence-corrected chi connectivity index (χ3v) is 5.88. The standard InChI is InChI=1S/C27H32N4O6/c1-15-11-12-37-24-14-20(7-10-22(15)24)30-27(36)23(13-19-5-8-21(33)9-6-19)31-26(35)17(3)29-25(34)16(2)28-18(4)32/h5-11,14,16-17,23,33H,12-13H2,1-4H3,(H,28,32)(H,29,34)(H,30,36)(H,31,35)/t16-,17-,23-/m0/s1. The summed E-state index contributed by atoms with van der Waals surface area (Å²) in [5, 5.41) is 20.1. The molecule has 0 saturated carbocycles. The number of carbonyl (C=O) groups excluding carboxylic acids is 4. The van der Waals surface area contributed by atoms with Crippen molar-refractivity contribution in [2.75, 3.05) is 11.9 Å². The summed E-state index contributed by atoms with van der Waals surface area (Å²) in [6.07, 6.45) is 2.12. The van der Waals surface area contributed by atoms with Crippen LogP contribution in [0.1, 0.15) is 38.8 Å². The van der Waals surface area contributed by atoms with Crippen molar-refractivity contribution < 1.29 is 29.0 Å². The molecule has 0 unspecified atom stereocenters. The molecule has 3 rings (SSSR count). The van der Waals surface area contributed by atoms with E-state index in [0.717, 1.165) is 11.1 Å². The second kappa shape index (κ2) is 12.1. The molecule has 3 atom stereocenters. The molecule has 2 aromatic carbocycles. The number of nitrogens with one attached hydrogen (secondary N) is 4. The normalized spacial score (nSPS) is 14.5. The first-order valence-electron chi connectivity index (χ1n) is 11.9. The van der Waals surface area contributed by atoms with E-state index < -0.39 is 35.8 Å². The van der Waals surface area contributed by atoms with E-state index >= 15 is 0 Å². The molecule has 0 bridgehead atoms. The molecule has 37 heavy (non-hydrogen) atoms. The molecular formula is C27H32N4O6. The fraction of sp³-hybridized carbons (Fsp3) is 0.333. The molecular weight excluding hydrogens is 476 g/mol. The summed E-state index contributed by atoms with van der Waals surface area (Å²) in [7, 11) is 0. The number of benzene rings is 2. The molecule has 0 radical (unpaired) electrons. The Balaban J connectivity index is 1.73. The molecule has 196 valence electrons. The SMILES string of the molecule is CC(=O)N[C@@H](C)C(=O)N[C@@H](C)C(=O)N[C@@H](Cc1ccc(O)cc1)C(=O)Nc1ccc2c(c1)OCC=C2C. The van der Waals surface area contributed by atoms with Crippen LogP contribution in [0.2, 0.25) is 0 Å². The van der Waals surface area contributed by atoms with Gasteiger partial charge in [0.05, 0.1) is 0 Å². The lowest BCUT2D eigenvalue weighted by atomic mass is 10.0. The summed E-state index contributed by atoms with van der Waals surface area (Å²) in [5.74, 6) is -1.20. The van der Waals surface area contributed by atoms with Gasteiger partial charge >= 0.3 is 0 Å². The lowest BCUT2D eigenvalue weighted by Gasteiger charge is -2.23. The van der Waals surface area contributed by atoms with Crippen molar-refractivity contribution in [3.8, 4) is 11.5 Å². The first-order valence-corrected chi connectivity index (χ1v) is 11.9. The summed E-state index contributed by atoms with van der Waals surface area (Å²) in [6, 6.07) is 8.88. The van der Waals surface area contributed by atoms with E-state index in [-0.39, 0.29) is 18.1 Å². The van der Waals surface area contributed by atoms with Gasteiger partial charge in [0.15, 0.2) is 0 Å². The van der Waals surface area contributed by atoms with Crippen molar-refractivity contribution in [1.82, 2.24) is 16.0 Å². The third kappa shape index (κ3) is 7.57. The van der Waals surface area contributed by atoms with Crippen molar-refractivity contribution >= 4 is 34.9 Å². The average Bonchev–Trinajstić information content (AvgIpc) is 2.84. The van der Waals surface area contributed by atoms with Crippen molar-refractivity contribution in [3.05, 3.63) is 59.7 Å². The van der Waals surface area contributed by atoms with Crippen LogP contribution in [0.15, 0.2) is 48.5 Å². The van der Waals surface area contributed by atoms with Gasteiger partial charge in [-0.2, -0.15) is 0 Å². The summed E-state index contributed by atoms with van der Waals surface area (Å²) in [4.78, 5) is 49.7. The predicted molar refractivity (Wildman–Crippen MR) is 139 cm³/mol. The molecule has 1 heterocycles. The molecule has 5 N–H and O–H groups in total. The van der Waals surface area contributed by atoms with Crippen molar-refractivity contribution in [2.24, 2.45) is 0 Å². The number of fused-ring (bicyclic) bond motifs is 1. The van der Waals surface area contributed by atoms with Crippen LogP contribution in [0, 0.1) is 0 Å². The lowest BCUT2D eigenvalue weighted by Crippen LogP contribution is -2.54. The van der Waals surface area contributed by atoms with Gasteiger partial charge in [-0.15, -0.1) is 0 Å². The van der Waals surface area contributed by atoms with Gasteiger partial charge in [-0.25, -0.2) is 0 Å². The van der Waals surface area contributed by atoms with Gasteiger partial charge in [0.1, 0.15) is 36.2 Å². The second-order valence-electron chi connectivity index (χ2n) is 8.98. The van der Waals surface area contributed by atoms with Crippen LogP contribution in [0.25, 0.3) is 5.57 Å². The summed E-state index contributed by atoms with van der Waals surface area (Å²) in [5.41, 5.74) is 3.24. The summed E-state index contributed by atoms with van der Waals surface area (Å²) >= 11 is 0. The molecule has 0 aliphatic carbocycles. The van der Waals surface area contributed by atoms with Gasteiger partial charge in [0.25, 0.3) is 0 Å². The molecule has 0 spiro atoms. The van der Waals surface area contributed by atoms with Crippen molar-refractivity contribution in [3.63, 3.8) is 0 Å². The van der Waals surface area contributed by atoms with E-state index in [1.165, 1.54) is 32.9 Å². The predicted octanol–water partition coefficient (Wildman–Crippen LogP) is 1.88. The molecule has 2 aromatic rings. The number of anilines is 1. The minimum atomic E-state index is -0.984. The lowest BCUT2D eigenvalue weighted by molar-refractivity contribution is -0.132. The molecule has 10 heteroatoms. The number of aromatic hydroxyl groups is 1. The second-order valence-corrected chi connectivity index (χ2v) is 8.98. The number of rotatable bonds is 9. The number of allylic oxidation sites excluding steroid dienone is 1. The van der Waals surface area contributed by atoms with Gasteiger partial charge in [-0.1, -0.05) is 12.1 Å². The minimum Gasteiger partial charge on any atom is -0.508 e. The number of hydrogen-bond acceptors (Lipinski definition) is 6. The molecule has 0 aromatic heterocycles. The van der Waals surface area contributed by atoms with Crippen LogP contribution in [0.5, 0.6) is 11.5 Å². The van der Waals surface area contributed by atoms with Gasteiger partial charge in [-0.05, 0) is 62.2 Å². The van der Waals surface area contributed by atoms with E-state index in [1.807, 2.05) is 19.1 Å². The van der Waals surface area contributed by atoms with Gasteiger partial charge in [0.2, 0.25) is 23.6 Å². The molecule has 1 aliphatic rings. The van der Waals surface area contributed by atoms with E-state index in [9.17, 15) is 24.3 Å². The Morgan fingerprint density at radius 1 is 0.919 bits per heavy atom. The zero-order valence-corrected chi connectivity index (χ0v) is 21.3. The van der Waals surface area contributed by atoms with Crippen LogP contribution >= 0.6 is 0 Å². The monoisotopic (exact) mass is 508 g/mol. The fourth-order valence-corrected chi connectivity index (χ4v) is 3.79. The molecule has 1 aliphatic heterocycles. The number of hydrogen-bond donors (Lipinski definition) is 5. The maximum absolute atomic E-state index is 13.3. The highest BCUT2D eigenvalue weighted by atomic mass is 16.5. The van der Waals surface area contributed by atoms with Crippen molar-refractivity contribution in [2.45, 2.75) is 52.2 Å². The number of carbonyl (C=O) groups is 4. The topological polar surface area (TPSA) is 146 Å². The summed E-state index contributed by atoms with van der Waals surface area (Å²) in [6.45, 7) is 6.71. The Morgan fingerprint density at radius 3 is 2.24 bits per heavy atom. The van der Waals surface area contributed by atoms with E-state index in [1.54, 1.807) is 24.3 Å². The zero-order valence-electron chi connectivity index (χ0n) is 21.3. The Bertz CT molecular complexity index is 1210. The zero-order chi connectivity index (χ0) is 27.1. The first-order chi connectivity index (χ1) is 17.5. The highest BCUT2D eigenvalue weighted by molar-refractivity contribution is 5.99. The third-order valence-electron chi connectivity index (χ3n) is 5.88. The minimum absolute atomic E-state index is 0.0804. The van der Waals surface area contributed by atoms with Crippen LogP contribution in [-0.4, -0.2) is 53.5 Å². The quantitative estimate of drug-likeness (QED) is 0.350. The largest absolute Gasteiger partial charge is 0.508 e. The maximum Gasteiger partial charge on any atom is 0.247 e.